The number of carbonyl (C=O) groups is 1. The quantitative estimate of drug-likeness (QED) is 0.787. The minimum atomic E-state index is -0.0728. The van der Waals surface area contributed by atoms with Crippen LogP contribution < -0.4 is 11.2 Å². The Hall–Kier alpha value is -1.50. The molecule has 0 spiro atoms. The van der Waals surface area contributed by atoms with Crippen LogP contribution in [0.4, 0.5) is 0 Å². The molecule has 1 heterocycles. The molecule has 0 saturated carbocycles. The number of hydrogen-bond acceptors (Lipinski definition) is 4. The molecule has 1 aromatic carbocycles. The molecule has 108 valence electrons. The van der Waals surface area contributed by atoms with Gasteiger partial charge in [0.2, 0.25) is 0 Å². The summed E-state index contributed by atoms with van der Waals surface area (Å²) < 4.78 is 0. The van der Waals surface area contributed by atoms with Crippen molar-refractivity contribution in [1.29, 1.82) is 0 Å². The zero-order valence-electron chi connectivity index (χ0n) is 11.6. The summed E-state index contributed by atoms with van der Waals surface area (Å²) in [5.74, 6) is -0.0728. The van der Waals surface area contributed by atoms with Gasteiger partial charge < -0.3 is 10.6 Å². The van der Waals surface area contributed by atoms with Crippen molar-refractivity contribution in [3.63, 3.8) is 0 Å². The third kappa shape index (κ3) is 4.26. The van der Waals surface area contributed by atoms with Gasteiger partial charge in [0, 0.05) is 38.2 Å². The van der Waals surface area contributed by atoms with Crippen LogP contribution >= 0.6 is 12.2 Å². The van der Waals surface area contributed by atoms with Crippen molar-refractivity contribution in [1.82, 2.24) is 15.3 Å². The summed E-state index contributed by atoms with van der Waals surface area (Å²) >= 11 is 4.87. The van der Waals surface area contributed by atoms with E-state index in [-0.39, 0.29) is 5.91 Å². The SMILES string of the molecule is CN1CCN(NC(=O)c2ccc(CC(N)=S)cc2)CC1. The Labute approximate surface area is 124 Å². The third-order valence-electron chi connectivity index (χ3n) is 3.36. The fraction of sp³-hybridized carbons (Fsp3) is 0.429. The Morgan fingerprint density at radius 1 is 1.25 bits per heavy atom. The number of amides is 1. The van der Waals surface area contributed by atoms with Crippen LogP contribution in [0.15, 0.2) is 24.3 Å². The van der Waals surface area contributed by atoms with E-state index >= 15 is 0 Å². The zero-order valence-corrected chi connectivity index (χ0v) is 12.4. The first-order valence-corrected chi connectivity index (χ1v) is 7.07. The lowest BCUT2D eigenvalue weighted by molar-refractivity contribution is 0.0662. The van der Waals surface area contributed by atoms with E-state index in [0.717, 1.165) is 31.7 Å². The number of benzene rings is 1. The number of likely N-dealkylation sites (N-methyl/N-ethyl adjacent to an activating group) is 1. The van der Waals surface area contributed by atoms with Crippen LogP contribution in [0.1, 0.15) is 15.9 Å². The van der Waals surface area contributed by atoms with E-state index in [1.165, 1.54) is 0 Å². The molecule has 0 aromatic heterocycles. The average Bonchev–Trinajstić information content (AvgIpc) is 2.41. The Bertz CT molecular complexity index is 480. The second-order valence-corrected chi connectivity index (χ2v) is 5.60. The molecular weight excluding hydrogens is 272 g/mol. The van der Waals surface area contributed by atoms with Crippen LogP contribution in [0.5, 0.6) is 0 Å². The largest absolute Gasteiger partial charge is 0.393 e. The van der Waals surface area contributed by atoms with Gasteiger partial charge in [0.25, 0.3) is 5.91 Å². The summed E-state index contributed by atoms with van der Waals surface area (Å²) in [6.45, 7) is 3.63. The maximum Gasteiger partial charge on any atom is 0.265 e. The van der Waals surface area contributed by atoms with E-state index < -0.39 is 0 Å². The molecular formula is C14H20N4OS. The van der Waals surface area contributed by atoms with Crippen molar-refractivity contribution in [2.24, 2.45) is 5.73 Å². The van der Waals surface area contributed by atoms with Crippen molar-refractivity contribution in [2.45, 2.75) is 6.42 Å². The highest BCUT2D eigenvalue weighted by molar-refractivity contribution is 7.80. The summed E-state index contributed by atoms with van der Waals surface area (Å²) in [7, 11) is 2.08. The molecule has 0 aliphatic carbocycles. The number of nitrogens with two attached hydrogens (primary N) is 1. The topological polar surface area (TPSA) is 61.6 Å². The second-order valence-electron chi connectivity index (χ2n) is 5.07. The molecule has 20 heavy (non-hydrogen) atoms. The number of hydrogen-bond donors (Lipinski definition) is 2. The average molecular weight is 292 g/mol. The van der Waals surface area contributed by atoms with Crippen molar-refractivity contribution in [2.75, 3.05) is 33.2 Å². The predicted molar refractivity (Wildman–Crippen MR) is 83.5 cm³/mol. The monoisotopic (exact) mass is 292 g/mol. The van der Waals surface area contributed by atoms with Crippen molar-refractivity contribution >= 4 is 23.1 Å². The summed E-state index contributed by atoms with van der Waals surface area (Å²) in [6, 6.07) is 7.38. The number of hydrazine groups is 1. The number of thiocarbonyl (C=S) groups is 1. The van der Waals surface area contributed by atoms with E-state index in [1.54, 1.807) is 12.1 Å². The molecule has 3 N–H and O–H groups in total. The van der Waals surface area contributed by atoms with Crippen LogP contribution in [0, 0.1) is 0 Å². The first-order chi connectivity index (χ1) is 9.54. The van der Waals surface area contributed by atoms with E-state index in [4.69, 9.17) is 18.0 Å². The summed E-state index contributed by atoms with van der Waals surface area (Å²) in [6.07, 6.45) is 0.565. The number of nitrogens with one attached hydrogen (secondary N) is 1. The first-order valence-electron chi connectivity index (χ1n) is 6.66. The van der Waals surface area contributed by atoms with Crippen molar-refractivity contribution < 1.29 is 4.79 Å². The minimum absolute atomic E-state index is 0.0728. The Morgan fingerprint density at radius 3 is 2.40 bits per heavy atom. The number of carbonyl (C=O) groups excluding carboxylic acids is 1. The molecule has 5 nitrogen and oxygen atoms in total. The van der Waals surface area contributed by atoms with Crippen molar-refractivity contribution in [3.8, 4) is 0 Å². The van der Waals surface area contributed by atoms with Gasteiger partial charge in [0.1, 0.15) is 0 Å². The van der Waals surface area contributed by atoms with Gasteiger partial charge in [-0.3, -0.25) is 10.2 Å². The van der Waals surface area contributed by atoms with Gasteiger partial charge in [-0.1, -0.05) is 24.4 Å². The number of nitrogens with zero attached hydrogens (tertiary/aromatic N) is 2. The van der Waals surface area contributed by atoms with E-state index in [0.29, 0.717) is 17.0 Å². The first kappa shape index (κ1) is 14.9. The van der Waals surface area contributed by atoms with Gasteiger partial charge in [-0.25, -0.2) is 5.01 Å². The fourth-order valence-corrected chi connectivity index (χ4v) is 2.27. The van der Waals surface area contributed by atoms with Crippen molar-refractivity contribution in [3.05, 3.63) is 35.4 Å². The molecule has 1 saturated heterocycles. The summed E-state index contributed by atoms with van der Waals surface area (Å²) in [5.41, 5.74) is 10.1. The Morgan fingerprint density at radius 2 is 1.85 bits per heavy atom. The van der Waals surface area contributed by atoms with E-state index in [9.17, 15) is 4.79 Å². The Balaban J connectivity index is 1.90. The lowest BCUT2D eigenvalue weighted by Crippen LogP contribution is -2.52. The number of rotatable bonds is 4. The maximum absolute atomic E-state index is 12.1. The second kappa shape index (κ2) is 6.78. The highest BCUT2D eigenvalue weighted by Crippen LogP contribution is 2.06. The predicted octanol–water partition coefficient (Wildman–Crippen LogP) is 0.407. The van der Waals surface area contributed by atoms with Crippen LogP contribution in [-0.4, -0.2) is 54.0 Å². The molecule has 0 radical (unpaired) electrons. The highest BCUT2D eigenvalue weighted by Gasteiger charge is 2.16. The molecule has 0 unspecified atom stereocenters. The van der Waals surface area contributed by atoms with Crippen LogP contribution in [0.2, 0.25) is 0 Å². The maximum atomic E-state index is 12.1. The van der Waals surface area contributed by atoms with E-state index in [1.807, 2.05) is 17.1 Å². The van der Waals surface area contributed by atoms with Crippen LogP contribution in [0.25, 0.3) is 0 Å². The standard InChI is InChI=1S/C14H20N4OS/c1-17-6-8-18(9-7-17)16-14(19)12-4-2-11(3-5-12)10-13(15)20/h2-5H,6-10H2,1H3,(H2,15,20)(H,16,19). The molecule has 0 bridgehead atoms. The zero-order chi connectivity index (χ0) is 14.5. The molecule has 6 heteroatoms. The molecule has 1 fully saturated rings. The van der Waals surface area contributed by atoms with Gasteiger partial charge in [0.05, 0.1) is 4.99 Å². The van der Waals surface area contributed by atoms with E-state index in [2.05, 4.69) is 17.4 Å². The van der Waals surface area contributed by atoms with Crippen LogP contribution in [0.3, 0.4) is 0 Å². The normalized spacial score (nSPS) is 16.9. The third-order valence-corrected chi connectivity index (χ3v) is 3.50. The molecule has 1 aliphatic heterocycles. The minimum Gasteiger partial charge on any atom is -0.393 e. The highest BCUT2D eigenvalue weighted by atomic mass is 32.1. The van der Waals surface area contributed by atoms with Gasteiger partial charge in [-0.2, -0.15) is 0 Å². The summed E-state index contributed by atoms with van der Waals surface area (Å²) in [5, 5.41) is 1.96. The molecule has 2 rings (SSSR count). The molecule has 1 amide bonds. The smallest absolute Gasteiger partial charge is 0.265 e. The van der Waals surface area contributed by atoms with Gasteiger partial charge in [0.15, 0.2) is 0 Å². The summed E-state index contributed by atoms with van der Waals surface area (Å²) in [4.78, 5) is 14.8. The number of piperazine rings is 1. The Kier molecular flexibility index (Phi) is 5.05. The van der Waals surface area contributed by atoms with Gasteiger partial charge in [-0.15, -0.1) is 0 Å². The van der Waals surface area contributed by atoms with Gasteiger partial charge >= 0.3 is 0 Å². The van der Waals surface area contributed by atoms with Gasteiger partial charge in [-0.05, 0) is 24.7 Å². The van der Waals surface area contributed by atoms with Crippen LogP contribution in [-0.2, 0) is 6.42 Å². The fourth-order valence-electron chi connectivity index (χ4n) is 2.10. The molecule has 0 atom stereocenters. The lowest BCUT2D eigenvalue weighted by Gasteiger charge is -2.32. The molecule has 1 aromatic rings. The molecule has 1 aliphatic rings. The lowest BCUT2D eigenvalue weighted by atomic mass is 10.1.